The third kappa shape index (κ3) is 5.06. The van der Waals surface area contributed by atoms with Gasteiger partial charge in [0, 0.05) is 17.9 Å². The van der Waals surface area contributed by atoms with Crippen molar-refractivity contribution in [3.8, 4) is 0 Å². The highest BCUT2D eigenvalue weighted by atomic mass is 32.2. The average Bonchev–Trinajstić information content (AvgIpc) is 3.03. The Labute approximate surface area is 166 Å². The molecule has 0 bridgehead atoms. The van der Waals surface area contributed by atoms with E-state index in [9.17, 15) is 13.2 Å². The molecule has 1 aromatic carbocycles. The van der Waals surface area contributed by atoms with Gasteiger partial charge in [-0.05, 0) is 44.0 Å². The van der Waals surface area contributed by atoms with Crippen molar-refractivity contribution >= 4 is 33.5 Å². The first-order valence-corrected chi connectivity index (χ1v) is 11.0. The third-order valence-electron chi connectivity index (χ3n) is 3.92. The van der Waals surface area contributed by atoms with E-state index >= 15 is 0 Å². The summed E-state index contributed by atoms with van der Waals surface area (Å²) in [6.45, 7) is 4.25. The van der Waals surface area contributed by atoms with E-state index in [4.69, 9.17) is 5.14 Å². The van der Waals surface area contributed by atoms with E-state index < -0.39 is 10.0 Å². The van der Waals surface area contributed by atoms with Gasteiger partial charge in [0.2, 0.25) is 21.1 Å². The number of fused-ring (bicyclic) bond motifs is 1. The largest absolute Gasteiger partial charge is 0.355 e. The Balaban J connectivity index is 1.48. The number of thioether (sulfide) groups is 1. The lowest BCUT2D eigenvalue weighted by atomic mass is 10.1. The summed E-state index contributed by atoms with van der Waals surface area (Å²) >= 11 is 1.24. The van der Waals surface area contributed by atoms with Crippen LogP contribution in [0, 0.1) is 13.8 Å². The minimum Gasteiger partial charge on any atom is -0.355 e. The van der Waals surface area contributed by atoms with Crippen molar-refractivity contribution in [1.29, 1.82) is 0 Å². The van der Waals surface area contributed by atoms with Gasteiger partial charge < -0.3 is 5.32 Å². The number of primary sulfonamides is 1. The van der Waals surface area contributed by atoms with Crippen LogP contribution in [-0.2, 0) is 21.2 Å². The highest BCUT2D eigenvalue weighted by molar-refractivity contribution is 7.99. The molecule has 28 heavy (non-hydrogen) atoms. The summed E-state index contributed by atoms with van der Waals surface area (Å²) in [4.78, 5) is 20.7. The van der Waals surface area contributed by atoms with Crippen molar-refractivity contribution in [1.82, 2.24) is 24.9 Å². The topological polar surface area (TPSA) is 132 Å². The van der Waals surface area contributed by atoms with E-state index in [1.54, 1.807) is 16.6 Å². The van der Waals surface area contributed by atoms with Crippen LogP contribution in [0.5, 0.6) is 0 Å². The van der Waals surface area contributed by atoms with Gasteiger partial charge in [0.05, 0.1) is 10.6 Å². The smallest absolute Gasteiger partial charge is 0.253 e. The van der Waals surface area contributed by atoms with Gasteiger partial charge in [-0.2, -0.15) is 4.98 Å². The molecular weight excluding hydrogens is 400 g/mol. The van der Waals surface area contributed by atoms with Crippen molar-refractivity contribution in [2.45, 2.75) is 30.3 Å². The van der Waals surface area contributed by atoms with Gasteiger partial charge in [-0.3, -0.25) is 4.79 Å². The monoisotopic (exact) mass is 420 g/mol. The molecule has 0 fully saturated rings. The Hall–Kier alpha value is -2.50. The lowest BCUT2D eigenvalue weighted by Crippen LogP contribution is -2.27. The number of carbonyl (C=O) groups excluding carboxylic acids is 1. The van der Waals surface area contributed by atoms with E-state index in [1.165, 1.54) is 23.9 Å². The summed E-state index contributed by atoms with van der Waals surface area (Å²) in [5.41, 5.74) is 2.70. The number of hydrogen-bond donors (Lipinski definition) is 2. The Kier molecular flexibility index (Phi) is 5.96. The van der Waals surface area contributed by atoms with Crippen molar-refractivity contribution in [3.63, 3.8) is 0 Å². The highest BCUT2D eigenvalue weighted by Gasteiger charge is 2.11. The minimum atomic E-state index is -3.69. The molecule has 148 valence electrons. The van der Waals surface area contributed by atoms with Crippen LogP contribution in [0.4, 0.5) is 0 Å². The molecule has 3 rings (SSSR count). The molecule has 0 radical (unpaired) electrons. The normalized spacial score (nSPS) is 11.7. The second kappa shape index (κ2) is 8.25. The molecule has 11 heteroatoms. The summed E-state index contributed by atoms with van der Waals surface area (Å²) < 4.78 is 24.1. The van der Waals surface area contributed by atoms with E-state index in [2.05, 4.69) is 20.4 Å². The standard InChI is InChI=1S/C17H20N6O3S2/c1-11-9-12(2)23-16(20-11)21-17(22-23)27-10-15(24)19-8-7-13-3-5-14(6-4-13)28(18,25)26/h3-6,9H,7-8,10H2,1-2H3,(H,19,24)(H2,18,25,26). The van der Waals surface area contributed by atoms with E-state index in [-0.39, 0.29) is 16.6 Å². The molecule has 1 amide bonds. The van der Waals surface area contributed by atoms with Crippen LogP contribution in [0.3, 0.4) is 0 Å². The number of aromatic nitrogens is 4. The van der Waals surface area contributed by atoms with Gasteiger partial charge in [-0.25, -0.2) is 23.1 Å². The fourth-order valence-electron chi connectivity index (χ4n) is 2.58. The van der Waals surface area contributed by atoms with Crippen LogP contribution < -0.4 is 10.5 Å². The number of rotatable bonds is 7. The first-order chi connectivity index (χ1) is 13.2. The quantitative estimate of drug-likeness (QED) is 0.541. The number of amides is 1. The molecule has 0 atom stereocenters. The lowest BCUT2D eigenvalue weighted by Gasteiger charge is -2.05. The van der Waals surface area contributed by atoms with Gasteiger partial charge in [0.1, 0.15) is 0 Å². The Morgan fingerprint density at radius 1 is 1.21 bits per heavy atom. The number of benzene rings is 1. The number of sulfonamides is 1. The van der Waals surface area contributed by atoms with Crippen LogP contribution in [0.2, 0.25) is 0 Å². The molecule has 0 spiro atoms. The summed E-state index contributed by atoms with van der Waals surface area (Å²) in [6.07, 6.45) is 0.580. The molecule has 0 aliphatic rings. The fourth-order valence-corrected chi connectivity index (χ4v) is 3.75. The predicted octanol–water partition coefficient (Wildman–Crippen LogP) is 0.840. The van der Waals surface area contributed by atoms with Gasteiger partial charge in [-0.15, -0.1) is 5.10 Å². The average molecular weight is 421 g/mol. The molecule has 3 N–H and O–H groups in total. The molecule has 0 saturated carbocycles. The highest BCUT2D eigenvalue weighted by Crippen LogP contribution is 2.15. The molecule has 0 aliphatic carbocycles. The molecule has 0 aliphatic heterocycles. The van der Waals surface area contributed by atoms with Crippen LogP contribution >= 0.6 is 11.8 Å². The Morgan fingerprint density at radius 3 is 2.61 bits per heavy atom. The maximum absolute atomic E-state index is 12.0. The van der Waals surface area contributed by atoms with Crippen LogP contribution in [0.15, 0.2) is 40.4 Å². The summed E-state index contributed by atoms with van der Waals surface area (Å²) in [5.74, 6) is 0.577. The number of hydrogen-bond acceptors (Lipinski definition) is 7. The molecule has 0 saturated heterocycles. The summed E-state index contributed by atoms with van der Waals surface area (Å²) in [6, 6.07) is 8.18. The van der Waals surface area contributed by atoms with Gasteiger partial charge in [-0.1, -0.05) is 23.9 Å². The van der Waals surface area contributed by atoms with Gasteiger partial charge in [0.15, 0.2) is 0 Å². The van der Waals surface area contributed by atoms with E-state index in [0.29, 0.717) is 23.9 Å². The zero-order chi connectivity index (χ0) is 20.3. The van der Waals surface area contributed by atoms with Crippen LogP contribution in [0.25, 0.3) is 5.78 Å². The molecule has 2 heterocycles. The van der Waals surface area contributed by atoms with E-state index in [0.717, 1.165) is 17.0 Å². The number of carbonyl (C=O) groups is 1. The van der Waals surface area contributed by atoms with Crippen molar-refractivity contribution in [2.24, 2.45) is 5.14 Å². The minimum absolute atomic E-state index is 0.0663. The molecule has 9 nitrogen and oxygen atoms in total. The van der Waals surface area contributed by atoms with Crippen molar-refractivity contribution in [3.05, 3.63) is 47.3 Å². The zero-order valence-electron chi connectivity index (χ0n) is 15.4. The van der Waals surface area contributed by atoms with Crippen molar-refractivity contribution in [2.75, 3.05) is 12.3 Å². The number of nitrogens with zero attached hydrogens (tertiary/aromatic N) is 4. The maximum atomic E-state index is 12.0. The maximum Gasteiger partial charge on any atom is 0.253 e. The SMILES string of the molecule is Cc1cc(C)n2nc(SCC(=O)NCCc3ccc(S(N)(=O)=O)cc3)nc2n1. The molecule has 0 unspecified atom stereocenters. The summed E-state index contributed by atoms with van der Waals surface area (Å²) in [5, 5.41) is 12.7. The Bertz CT molecular complexity index is 1110. The van der Waals surface area contributed by atoms with Gasteiger partial charge >= 0.3 is 0 Å². The third-order valence-corrected chi connectivity index (χ3v) is 5.69. The number of nitrogens with one attached hydrogen (secondary N) is 1. The molecule has 2 aromatic heterocycles. The van der Waals surface area contributed by atoms with Crippen molar-refractivity contribution < 1.29 is 13.2 Å². The first-order valence-electron chi connectivity index (χ1n) is 8.44. The second-order valence-electron chi connectivity index (χ2n) is 6.22. The lowest BCUT2D eigenvalue weighted by molar-refractivity contribution is -0.118. The Morgan fingerprint density at radius 2 is 1.93 bits per heavy atom. The van der Waals surface area contributed by atoms with Gasteiger partial charge in [0.25, 0.3) is 5.78 Å². The second-order valence-corrected chi connectivity index (χ2v) is 8.73. The molecule has 3 aromatic rings. The van der Waals surface area contributed by atoms with Crippen LogP contribution in [-0.4, -0.2) is 46.2 Å². The van der Waals surface area contributed by atoms with E-state index in [1.807, 2.05) is 19.9 Å². The first kappa shape index (κ1) is 20.2. The number of aryl methyl sites for hydroxylation is 2. The van der Waals surface area contributed by atoms with Crippen LogP contribution in [0.1, 0.15) is 17.0 Å². The fraction of sp³-hybridized carbons (Fsp3) is 0.294. The zero-order valence-corrected chi connectivity index (χ0v) is 17.0. The summed E-state index contributed by atoms with van der Waals surface area (Å²) in [7, 11) is -3.69. The number of nitrogens with two attached hydrogens (primary N) is 1. The predicted molar refractivity (Wildman–Crippen MR) is 106 cm³/mol. The molecular formula is C17H20N6O3S2.